The molecule has 4 heteroatoms. The van der Waals surface area contributed by atoms with Gasteiger partial charge in [0, 0.05) is 7.05 Å². The largest absolute Gasteiger partial charge is 0.497 e. The molecule has 0 heterocycles. The molecule has 2 rings (SSSR count). The van der Waals surface area contributed by atoms with Gasteiger partial charge < -0.3 is 14.4 Å². The van der Waals surface area contributed by atoms with E-state index >= 15 is 0 Å². The van der Waals surface area contributed by atoms with Crippen LogP contribution in [0.3, 0.4) is 0 Å². The van der Waals surface area contributed by atoms with Crippen LogP contribution in [0.1, 0.15) is 24.1 Å². The summed E-state index contributed by atoms with van der Waals surface area (Å²) in [6, 6.07) is 15.4. The molecule has 0 saturated heterocycles. The molecule has 0 N–H and O–H groups in total. The maximum Gasteiger partial charge on any atom is 0.260 e. The highest BCUT2D eigenvalue weighted by Crippen LogP contribution is 2.22. The van der Waals surface area contributed by atoms with Crippen LogP contribution < -0.4 is 9.47 Å². The van der Waals surface area contributed by atoms with Crippen molar-refractivity contribution in [2.75, 3.05) is 20.8 Å². The average Bonchev–Trinajstić information content (AvgIpc) is 2.58. The minimum absolute atomic E-state index is 0.0282. The van der Waals surface area contributed by atoms with Crippen molar-refractivity contribution >= 4 is 5.91 Å². The molecule has 122 valence electrons. The summed E-state index contributed by atoms with van der Waals surface area (Å²) in [5, 5.41) is 0. The van der Waals surface area contributed by atoms with E-state index in [4.69, 9.17) is 9.47 Å². The number of rotatable bonds is 6. The van der Waals surface area contributed by atoms with Crippen LogP contribution in [0.5, 0.6) is 11.5 Å². The number of carbonyl (C=O) groups is 1. The van der Waals surface area contributed by atoms with Crippen molar-refractivity contribution in [3.05, 3.63) is 59.7 Å². The van der Waals surface area contributed by atoms with Gasteiger partial charge in [0.25, 0.3) is 5.91 Å². The third-order valence-corrected chi connectivity index (χ3v) is 3.92. The van der Waals surface area contributed by atoms with E-state index in [0.29, 0.717) is 5.75 Å². The molecule has 0 bridgehead atoms. The summed E-state index contributed by atoms with van der Waals surface area (Å²) in [7, 11) is 3.42. The number of nitrogens with zero attached hydrogens (tertiary/aromatic N) is 1. The number of methoxy groups -OCH3 is 1. The van der Waals surface area contributed by atoms with Crippen LogP contribution in [0.2, 0.25) is 0 Å². The van der Waals surface area contributed by atoms with Crippen LogP contribution in [0.4, 0.5) is 0 Å². The summed E-state index contributed by atoms with van der Waals surface area (Å²) in [5.74, 6) is 1.45. The third kappa shape index (κ3) is 4.49. The zero-order chi connectivity index (χ0) is 16.8. The van der Waals surface area contributed by atoms with Gasteiger partial charge in [-0.25, -0.2) is 0 Å². The monoisotopic (exact) mass is 313 g/mol. The van der Waals surface area contributed by atoms with E-state index in [2.05, 4.69) is 0 Å². The van der Waals surface area contributed by atoms with Crippen molar-refractivity contribution in [3.8, 4) is 11.5 Å². The van der Waals surface area contributed by atoms with Crippen molar-refractivity contribution in [3.63, 3.8) is 0 Å². The van der Waals surface area contributed by atoms with Crippen LogP contribution in [-0.4, -0.2) is 31.6 Å². The summed E-state index contributed by atoms with van der Waals surface area (Å²) < 4.78 is 10.7. The van der Waals surface area contributed by atoms with Gasteiger partial charge in [-0.05, 0) is 49.2 Å². The van der Waals surface area contributed by atoms with Crippen LogP contribution in [-0.2, 0) is 4.79 Å². The van der Waals surface area contributed by atoms with E-state index in [1.807, 2.05) is 62.4 Å². The molecule has 0 radical (unpaired) electrons. The molecule has 0 aromatic heterocycles. The molecule has 0 aliphatic rings. The van der Waals surface area contributed by atoms with Crippen molar-refractivity contribution in [2.24, 2.45) is 0 Å². The second-order valence-electron chi connectivity index (χ2n) is 5.56. The Morgan fingerprint density at radius 3 is 2.43 bits per heavy atom. The van der Waals surface area contributed by atoms with Crippen LogP contribution in [0.15, 0.2) is 48.5 Å². The van der Waals surface area contributed by atoms with Crippen LogP contribution >= 0.6 is 0 Å². The molecule has 2 aromatic carbocycles. The Bertz CT molecular complexity index is 652. The summed E-state index contributed by atoms with van der Waals surface area (Å²) in [6.07, 6.45) is 0. The Balaban J connectivity index is 1.95. The van der Waals surface area contributed by atoms with Gasteiger partial charge in [0.05, 0.1) is 13.2 Å². The van der Waals surface area contributed by atoms with Crippen molar-refractivity contribution in [1.29, 1.82) is 0 Å². The van der Waals surface area contributed by atoms with Crippen LogP contribution in [0.25, 0.3) is 0 Å². The maximum atomic E-state index is 12.3. The fourth-order valence-electron chi connectivity index (χ4n) is 2.27. The lowest BCUT2D eigenvalue weighted by atomic mass is 10.1. The molecule has 1 unspecified atom stereocenters. The first-order valence-electron chi connectivity index (χ1n) is 7.60. The summed E-state index contributed by atoms with van der Waals surface area (Å²) in [4.78, 5) is 14.0. The zero-order valence-electron chi connectivity index (χ0n) is 14.1. The minimum atomic E-state index is -0.0603. The Kier molecular flexibility index (Phi) is 5.63. The van der Waals surface area contributed by atoms with Gasteiger partial charge in [-0.3, -0.25) is 4.79 Å². The van der Waals surface area contributed by atoms with Crippen molar-refractivity contribution in [1.82, 2.24) is 4.90 Å². The number of carbonyl (C=O) groups excluding carboxylic acids is 1. The Labute approximate surface area is 137 Å². The molecular formula is C19H23NO3. The minimum Gasteiger partial charge on any atom is -0.497 e. The van der Waals surface area contributed by atoms with E-state index in [-0.39, 0.29) is 18.6 Å². The number of likely N-dealkylation sites (N-methyl/N-ethyl adjacent to an activating group) is 1. The predicted octanol–water partition coefficient (Wildman–Crippen LogP) is 3.60. The first-order chi connectivity index (χ1) is 11.0. The summed E-state index contributed by atoms with van der Waals surface area (Å²) in [6.45, 7) is 4.01. The molecular weight excluding hydrogens is 290 g/mol. The van der Waals surface area contributed by atoms with E-state index in [9.17, 15) is 4.79 Å². The topological polar surface area (TPSA) is 38.8 Å². The Morgan fingerprint density at radius 2 is 1.83 bits per heavy atom. The normalized spacial score (nSPS) is 11.7. The first-order valence-corrected chi connectivity index (χ1v) is 7.60. The molecule has 23 heavy (non-hydrogen) atoms. The molecule has 0 fully saturated rings. The lowest BCUT2D eigenvalue weighted by molar-refractivity contribution is -0.134. The standard InChI is InChI=1S/C19H23NO3/c1-14-6-5-7-18(12-14)23-13-19(21)20(3)15(2)16-8-10-17(22-4)11-9-16/h5-12,15H,13H2,1-4H3. The highest BCUT2D eigenvalue weighted by molar-refractivity contribution is 5.78. The van der Waals surface area contributed by atoms with E-state index in [1.54, 1.807) is 19.1 Å². The zero-order valence-corrected chi connectivity index (χ0v) is 14.1. The van der Waals surface area contributed by atoms with Gasteiger partial charge in [-0.1, -0.05) is 24.3 Å². The van der Waals surface area contributed by atoms with Crippen molar-refractivity contribution in [2.45, 2.75) is 19.9 Å². The number of hydrogen-bond acceptors (Lipinski definition) is 3. The highest BCUT2D eigenvalue weighted by Gasteiger charge is 2.18. The van der Waals surface area contributed by atoms with E-state index < -0.39 is 0 Å². The molecule has 1 atom stereocenters. The summed E-state index contributed by atoms with van der Waals surface area (Å²) in [5.41, 5.74) is 2.16. The SMILES string of the molecule is COc1ccc(C(C)N(C)C(=O)COc2cccc(C)c2)cc1. The van der Waals surface area contributed by atoms with E-state index in [0.717, 1.165) is 16.9 Å². The van der Waals surface area contributed by atoms with Crippen molar-refractivity contribution < 1.29 is 14.3 Å². The Hall–Kier alpha value is -2.49. The maximum absolute atomic E-state index is 12.3. The molecule has 0 saturated carbocycles. The second kappa shape index (κ2) is 7.68. The molecule has 0 spiro atoms. The number of benzene rings is 2. The quantitative estimate of drug-likeness (QED) is 0.818. The van der Waals surface area contributed by atoms with Crippen LogP contribution in [0, 0.1) is 6.92 Å². The lowest BCUT2D eigenvalue weighted by Gasteiger charge is -2.25. The predicted molar refractivity (Wildman–Crippen MR) is 90.9 cm³/mol. The average molecular weight is 313 g/mol. The van der Waals surface area contributed by atoms with E-state index in [1.165, 1.54) is 0 Å². The highest BCUT2D eigenvalue weighted by atomic mass is 16.5. The summed E-state index contributed by atoms with van der Waals surface area (Å²) >= 11 is 0. The Morgan fingerprint density at radius 1 is 1.13 bits per heavy atom. The van der Waals surface area contributed by atoms with Gasteiger partial charge in [-0.2, -0.15) is 0 Å². The molecule has 0 aliphatic carbocycles. The number of aryl methyl sites for hydroxylation is 1. The fourth-order valence-corrected chi connectivity index (χ4v) is 2.27. The fraction of sp³-hybridized carbons (Fsp3) is 0.316. The van der Waals surface area contributed by atoms with Gasteiger partial charge >= 0.3 is 0 Å². The van der Waals surface area contributed by atoms with Gasteiger partial charge in [0.15, 0.2) is 6.61 Å². The van der Waals surface area contributed by atoms with Gasteiger partial charge in [-0.15, -0.1) is 0 Å². The number of amides is 1. The number of hydrogen-bond donors (Lipinski definition) is 0. The lowest BCUT2D eigenvalue weighted by Crippen LogP contribution is -2.33. The second-order valence-corrected chi connectivity index (χ2v) is 5.56. The molecule has 0 aliphatic heterocycles. The van der Waals surface area contributed by atoms with Gasteiger partial charge in [0.1, 0.15) is 11.5 Å². The molecule has 4 nitrogen and oxygen atoms in total. The first kappa shape index (κ1) is 16.9. The third-order valence-electron chi connectivity index (χ3n) is 3.92. The van der Waals surface area contributed by atoms with Gasteiger partial charge in [0.2, 0.25) is 0 Å². The smallest absolute Gasteiger partial charge is 0.260 e. The molecule has 1 amide bonds. The number of ether oxygens (including phenoxy) is 2. The molecule has 2 aromatic rings.